The van der Waals surface area contributed by atoms with Gasteiger partial charge in [-0.1, -0.05) is 12.1 Å². The maximum Gasteiger partial charge on any atom is 0.418 e. The predicted molar refractivity (Wildman–Crippen MR) is 116 cm³/mol. The van der Waals surface area contributed by atoms with E-state index in [0.29, 0.717) is 10.8 Å². The van der Waals surface area contributed by atoms with Gasteiger partial charge in [0.1, 0.15) is 23.0 Å². The fourth-order valence-electron chi connectivity index (χ4n) is 2.93. The van der Waals surface area contributed by atoms with Crippen molar-refractivity contribution in [1.82, 2.24) is 9.88 Å². The van der Waals surface area contributed by atoms with Crippen molar-refractivity contribution in [2.45, 2.75) is 13.1 Å². The summed E-state index contributed by atoms with van der Waals surface area (Å²) in [5.74, 6) is -0.526. The van der Waals surface area contributed by atoms with Crippen LogP contribution in [0, 0.1) is 0 Å². The number of rotatable bonds is 7. The monoisotopic (exact) mass is 463 g/mol. The number of para-hydroxylation sites is 1. The fourth-order valence-corrected chi connectivity index (χ4v) is 3.73. The minimum atomic E-state index is -4.61. The molecule has 0 spiro atoms. The van der Waals surface area contributed by atoms with Crippen LogP contribution in [0.5, 0.6) is 5.75 Å². The van der Waals surface area contributed by atoms with Crippen LogP contribution >= 0.6 is 11.3 Å². The van der Waals surface area contributed by atoms with Crippen LogP contribution < -0.4 is 10.1 Å². The zero-order chi connectivity index (χ0) is 23.3. The maximum atomic E-state index is 13.1. The average Bonchev–Trinajstić information content (AvgIpc) is 3.27. The Labute approximate surface area is 186 Å². The molecule has 0 saturated heterocycles. The molecular weight excluding hydrogens is 443 g/mol. The van der Waals surface area contributed by atoms with E-state index in [4.69, 9.17) is 4.74 Å². The van der Waals surface area contributed by atoms with E-state index in [-0.39, 0.29) is 17.9 Å². The van der Waals surface area contributed by atoms with Crippen LogP contribution in [0.2, 0.25) is 0 Å². The number of amides is 2. The SMILES string of the molecule is CCN(CC(=O)Nc1ccccc1C(F)(F)F)C(=O)c1csc(-c2ccc(OC)cc2)n1. The number of nitrogens with zero attached hydrogens (tertiary/aromatic N) is 2. The van der Waals surface area contributed by atoms with Crippen LogP contribution in [-0.4, -0.2) is 41.9 Å². The molecule has 0 bridgehead atoms. The number of ether oxygens (including phenoxy) is 1. The van der Waals surface area contributed by atoms with E-state index < -0.39 is 30.1 Å². The van der Waals surface area contributed by atoms with E-state index in [1.165, 1.54) is 34.4 Å². The maximum absolute atomic E-state index is 13.1. The molecule has 0 unspecified atom stereocenters. The zero-order valence-electron chi connectivity index (χ0n) is 17.3. The van der Waals surface area contributed by atoms with E-state index in [9.17, 15) is 22.8 Å². The molecular formula is C22H20F3N3O3S. The minimum absolute atomic E-state index is 0.158. The first-order valence-electron chi connectivity index (χ1n) is 9.58. The lowest BCUT2D eigenvalue weighted by Gasteiger charge is -2.20. The largest absolute Gasteiger partial charge is 0.497 e. The minimum Gasteiger partial charge on any atom is -0.497 e. The van der Waals surface area contributed by atoms with Crippen molar-refractivity contribution in [2.75, 3.05) is 25.5 Å². The van der Waals surface area contributed by atoms with E-state index in [1.807, 2.05) is 12.1 Å². The van der Waals surface area contributed by atoms with E-state index in [2.05, 4.69) is 10.3 Å². The second-order valence-electron chi connectivity index (χ2n) is 6.68. The lowest BCUT2D eigenvalue weighted by molar-refractivity contribution is -0.137. The standard InChI is InChI=1S/C22H20F3N3O3S/c1-3-28(12-19(29)26-17-7-5-4-6-16(17)22(23,24)25)21(30)18-13-32-20(27-18)14-8-10-15(31-2)11-9-14/h4-11,13H,3,12H2,1-2H3,(H,26,29). The summed E-state index contributed by atoms with van der Waals surface area (Å²) in [5, 5.41) is 4.45. The second kappa shape index (κ2) is 9.82. The van der Waals surface area contributed by atoms with Gasteiger partial charge in [0.15, 0.2) is 0 Å². The third-order valence-electron chi connectivity index (χ3n) is 4.57. The second-order valence-corrected chi connectivity index (χ2v) is 7.54. The number of carbonyl (C=O) groups excluding carboxylic acids is 2. The molecule has 1 heterocycles. The lowest BCUT2D eigenvalue weighted by Crippen LogP contribution is -2.38. The summed E-state index contributed by atoms with van der Waals surface area (Å²) in [5.41, 5.74) is -0.346. The molecule has 0 aliphatic rings. The number of alkyl halides is 3. The topological polar surface area (TPSA) is 71.5 Å². The van der Waals surface area contributed by atoms with Gasteiger partial charge >= 0.3 is 6.18 Å². The number of halogens is 3. The van der Waals surface area contributed by atoms with Gasteiger partial charge < -0.3 is 15.0 Å². The van der Waals surface area contributed by atoms with Gasteiger partial charge in [-0.3, -0.25) is 9.59 Å². The number of anilines is 1. The Morgan fingerprint density at radius 2 is 1.81 bits per heavy atom. The van der Waals surface area contributed by atoms with Crippen molar-refractivity contribution < 1.29 is 27.5 Å². The summed E-state index contributed by atoms with van der Waals surface area (Å²) < 4.78 is 44.5. The molecule has 2 aromatic carbocycles. The zero-order valence-corrected chi connectivity index (χ0v) is 18.1. The van der Waals surface area contributed by atoms with Crippen LogP contribution in [0.25, 0.3) is 10.6 Å². The van der Waals surface area contributed by atoms with Crippen molar-refractivity contribution in [2.24, 2.45) is 0 Å². The summed E-state index contributed by atoms with van der Waals surface area (Å²) in [7, 11) is 1.56. The highest BCUT2D eigenvalue weighted by atomic mass is 32.1. The lowest BCUT2D eigenvalue weighted by atomic mass is 10.1. The molecule has 0 aliphatic heterocycles. The first-order valence-corrected chi connectivity index (χ1v) is 10.5. The van der Waals surface area contributed by atoms with Crippen LogP contribution in [0.3, 0.4) is 0 Å². The Kier molecular flexibility index (Phi) is 7.14. The Balaban J connectivity index is 1.70. The van der Waals surface area contributed by atoms with Crippen molar-refractivity contribution in [3.63, 3.8) is 0 Å². The van der Waals surface area contributed by atoms with Gasteiger partial charge in [-0.2, -0.15) is 13.2 Å². The van der Waals surface area contributed by atoms with Crippen molar-refractivity contribution >= 4 is 28.8 Å². The van der Waals surface area contributed by atoms with Gasteiger partial charge in [-0.05, 0) is 43.3 Å². The summed E-state index contributed by atoms with van der Waals surface area (Å²) in [6, 6.07) is 11.9. The van der Waals surface area contributed by atoms with Crippen LogP contribution in [-0.2, 0) is 11.0 Å². The number of hydrogen-bond donors (Lipinski definition) is 1. The molecule has 0 aliphatic carbocycles. The molecule has 3 aromatic rings. The highest BCUT2D eigenvalue weighted by Crippen LogP contribution is 2.34. The normalized spacial score (nSPS) is 11.2. The summed E-state index contributed by atoms with van der Waals surface area (Å²) >= 11 is 1.27. The Morgan fingerprint density at radius 1 is 1.12 bits per heavy atom. The van der Waals surface area contributed by atoms with E-state index in [1.54, 1.807) is 31.5 Å². The molecule has 0 radical (unpaired) electrons. The highest BCUT2D eigenvalue weighted by Gasteiger charge is 2.33. The van der Waals surface area contributed by atoms with Gasteiger partial charge in [-0.25, -0.2) is 4.98 Å². The number of thiazole rings is 1. The molecule has 6 nitrogen and oxygen atoms in total. The van der Waals surface area contributed by atoms with Gasteiger partial charge in [0.05, 0.1) is 18.4 Å². The number of benzene rings is 2. The number of nitrogens with one attached hydrogen (secondary N) is 1. The van der Waals surface area contributed by atoms with Crippen LogP contribution in [0.1, 0.15) is 23.0 Å². The average molecular weight is 463 g/mol. The number of hydrogen-bond acceptors (Lipinski definition) is 5. The van der Waals surface area contributed by atoms with Gasteiger partial charge in [0.2, 0.25) is 5.91 Å². The molecule has 0 saturated carbocycles. The molecule has 2 amide bonds. The molecule has 0 fully saturated rings. The van der Waals surface area contributed by atoms with Crippen molar-refractivity contribution in [3.05, 3.63) is 65.2 Å². The number of aromatic nitrogens is 1. The smallest absolute Gasteiger partial charge is 0.418 e. The van der Waals surface area contributed by atoms with Crippen LogP contribution in [0.15, 0.2) is 53.9 Å². The van der Waals surface area contributed by atoms with Gasteiger partial charge in [0.25, 0.3) is 5.91 Å². The molecule has 10 heteroatoms. The number of likely N-dealkylation sites (N-methyl/N-ethyl adjacent to an activating group) is 1. The molecule has 168 valence electrons. The third-order valence-corrected chi connectivity index (χ3v) is 5.46. The molecule has 32 heavy (non-hydrogen) atoms. The highest BCUT2D eigenvalue weighted by molar-refractivity contribution is 7.13. The number of methoxy groups -OCH3 is 1. The molecule has 3 rings (SSSR count). The summed E-state index contributed by atoms with van der Waals surface area (Å²) in [4.78, 5) is 30.8. The molecule has 1 N–H and O–H groups in total. The van der Waals surface area contributed by atoms with Gasteiger partial charge in [0, 0.05) is 17.5 Å². The molecule has 1 aromatic heterocycles. The van der Waals surface area contributed by atoms with E-state index >= 15 is 0 Å². The first-order chi connectivity index (χ1) is 15.2. The van der Waals surface area contributed by atoms with E-state index in [0.717, 1.165) is 11.6 Å². The fraction of sp³-hybridized carbons (Fsp3) is 0.227. The first kappa shape index (κ1) is 23.3. The predicted octanol–water partition coefficient (Wildman–Crippen LogP) is 4.94. The van der Waals surface area contributed by atoms with Gasteiger partial charge in [-0.15, -0.1) is 11.3 Å². The van der Waals surface area contributed by atoms with Crippen LogP contribution in [0.4, 0.5) is 18.9 Å². The quantitative estimate of drug-likeness (QED) is 0.539. The summed E-state index contributed by atoms with van der Waals surface area (Å²) in [6.45, 7) is 1.45. The third kappa shape index (κ3) is 5.44. The van der Waals surface area contributed by atoms with Crippen molar-refractivity contribution in [1.29, 1.82) is 0 Å². The van der Waals surface area contributed by atoms with Crippen molar-refractivity contribution in [3.8, 4) is 16.3 Å². The molecule has 0 atom stereocenters. The Hall–Kier alpha value is -3.40. The number of carbonyl (C=O) groups is 2. The summed E-state index contributed by atoms with van der Waals surface area (Å²) in [6.07, 6.45) is -4.61. The Morgan fingerprint density at radius 3 is 2.44 bits per heavy atom. The Bertz CT molecular complexity index is 1100.